The monoisotopic (exact) mass is 310 g/mol. The van der Waals surface area contributed by atoms with Crippen LogP contribution in [-0.4, -0.2) is 66.9 Å². The molecule has 2 fully saturated rings. The van der Waals surface area contributed by atoms with Gasteiger partial charge in [-0.3, -0.25) is 14.5 Å². The van der Waals surface area contributed by atoms with Crippen LogP contribution in [0.25, 0.3) is 0 Å². The maximum atomic E-state index is 12.4. The van der Waals surface area contributed by atoms with Crippen molar-refractivity contribution in [1.82, 2.24) is 15.1 Å². The van der Waals surface area contributed by atoms with Gasteiger partial charge in [0.2, 0.25) is 11.8 Å². The minimum atomic E-state index is 0.0652. The van der Waals surface area contributed by atoms with Crippen molar-refractivity contribution in [2.45, 2.75) is 45.1 Å². The number of piperazine rings is 1. The molecule has 1 saturated heterocycles. The molecule has 2 unspecified atom stereocenters. The Bertz CT molecular complexity index is 380. The predicted molar refractivity (Wildman–Crippen MR) is 86.3 cm³/mol. The van der Waals surface area contributed by atoms with Gasteiger partial charge in [0.1, 0.15) is 0 Å². The second-order valence-corrected chi connectivity index (χ2v) is 6.52. The number of carbonyl (C=O) groups excluding carboxylic acids is 2. The van der Waals surface area contributed by atoms with Crippen molar-refractivity contribution in [3.8, 4) is 0 Å². The highest BCUT2D eigenvalue weighted by molar-refractivity contribution is 5.78. The van der Waals surface area contributed by atoms with Gasteiger partial charge in [-0.05, 0) is 25.7 Å². The molecule has 2 rings (SSSR count). The Labute approximate surface area is 133 Å². The van der Waals surface area contributed by atoms with Crippen LogP contribution in [0, 0.1) is 5.92 Å². The average molecular weight is 310 g/mol. The molecule has 126 valence electrons. The molecule has 0 radical (unpaired) electrons. The number of amides is 2. The van der Waals surface area contributed by atoms with Crippen molar-refractivity contribution >= 4 is 11.8 Å². The molecular weight excluding hydrogens is 280 g/mol. The van der Waals surface area contributed by atoms with Gasteiger partial charge in [-0.1, -0.05) is 12.8 Å². The van der Waals surface area contributed by atoms with Crippen LogP contribution in [0.5, 0.6) is 0 Å². The van der Waals surface area contributed by atoms with E-state index in [-0.39, 0.29) is 17.9 Å². The normalized spacial score (nSPS) is 26.7. The van der Waals surface area contributed by atoms with E-state index in [2.05, 4.69) is 10.2 Å². The van der Waals surface area contributed by atoms with E-state index in [1.807, 2.05) is 11.8 Å². The molecule has 2 amide bonds. The van der Waals surface area contributed by atoms with Crippen molar-refractivity contribution in [3.05, 3.63) is 0 Å². The van der Waals surface area contributed by atoms with Crippen LogP contribution in [-0.2, 0) is 9.59 Å². The SMILES string of the molecule is CCNC(=O)CN1CCN(C(=O)CC2CCCCC2N)CC1. The van der Waals surface area contributed by atoms with Gasteiger partial charge >= 0.3 is 0 Å². The van der Waals surface area contributed by atoms with Crippen molar-refractivity contribution in [2.24, 2.45) is 11.7 Å². The lowest BCUT2D eigenvalue weighted by Gasteiger charge is -2.36. The molecule has 2 atom stereocenters. The molecule has 6 nitrogen and oxygen atoms in total. The van der Waals surface area contributed by atoms with Gasteiger partial charge < -0.3 is 16.0 Å². The Morgan fingerprint density at radius 1 is 1.14 bits per heavy atom. The minimum Gasteiger partial charge on any atom is -0.355 e. The van der Waals surface area contributed by atoms with Crippen molar-refractivity contribution in [3.63, 3.8) is 0 Å². The van der Waals surface area contributed by atoms with Crippen molar-refractivity contribution in [1.29, 1.82) is 0 Å². The van der Waals surface area contributed by atoms with E-state index in [1.165, 1.54) is 12.8 Å². The lowest BCUT2D eigenvalue weighted by atomic mass is 9.82. The lowest BCUT2D eigenvalue weighted by Crippen LogP contribution is -2.51. The fourth-order valence-corrected chi connectivity index (χ4v) is 3.45. The standard InChI is InChI=1S/C16H30N4O2/c1-2-18-15(21)12-19-7-9-20(10-8-19)16(22)11-13-5-3-4-6-14(13)17/h13-14H,2-12,17H2,1H3,(H,18,21). The number of nitrogens with two attached hydrogens (primary N) is 1. The maximum absolute atomic E-state index is 12.4. The number of nitrogens with one attached hydrogen (secondary N) is 1. The van der Waals surface area contributed by atoms with Crippen LogP contribution >= 0.6 is 0 Å². The highest BCUT2D eigenvalue weighted by Gasteiger charge is 2.28. The van der Waals surface area contributed by atoms with Crippen LogP contribution in [0.4, 0.5) is 0 Å². The van der Waals surface area contributed by atoms with Crippen molar-refractivity contribution in [2.75, 3.05) is 39.3 Å². The Morgan fingerprint density at radius 2 is 1.82 bits per heavy atom. The Morgan fingerprint density at radius 3 is 2.45 bits per heavy atom. The third-order valence-electron chi connectivity index (χ3n) is 4.87. The molecule has 1 aliphatic carbocycles. The molecule has 2 aliphatic rings. The van der Waals surface area contributed by atoms with Gasteiger partial charge in [-0.2, -0.15) is 0 Å². The zero-order valence-corrected chi connectivity index (χ0v) is 13.7. The second kappa shape index (κ2) is 8.48. The summed E-state index contributed by atoms with van der Waals surface area (Å²) in [5.74, 6) is 0.657. The quantitative estimate of drug-likeness (QED) is 0.759. The van der Waals surface area contributed by atoms with Gasteiger partial charge in [0, 0.05) is 45.2 Å². The van der Waals surface area contributed by atoms with Crippen molar-refractivity contribution < 1.29 is 9.59 Å². The number of rotatable bonds is 5. The van der Waals surface area contributed by atoms with Crippen LogP contribution < -0.4 is 11.1 Å². The molecule has 0 bridgehead atoms. The van der Waals surface area contributed by atoms with Gasteiger partial charge in [-0.15, -0.1) is 0 Å². The van der Waals surface area contributed by atoms with Crippen LogP contribution in [0.2, 0.25) is 0 Å². The molecule has 0 aromatic rings. The first-order valence-corrected chi connectivity index (χ1v) is 8.62. The first-order chi connectivity index (χ1) is 10.6. The summed E-state index contributed by atoms with van der Waals surface area (Å²) >= 11 is 0. The zero-order valence-electron chi connectivity index (χ0n) is 13.7. The number of hydrogen-bond donors (Lipinski definition) is 2. The van der Waals surface area contributed by atoms with Gasteiger partial charge in [-0.25, -0.2) is 0 Å². The Hall–Kier alpha value is -1.14. The van der Waals surface area contributed by atoms with Crippen LogP contribution in [0.15, 0.2) is 0 Å². The van der Waals surface area contributed by atoms with Gasteiger partial charge in [0.05, 0.1) is 6.54 Å². The third kappa shape index (κ3) is 4.95. The molecule has 3 N–H and O–H groups in total. The summed E-state index contributed by atoms with van der Waals surface area (Å²) in [4.78, 5) is 28.0. The summed E-state index contributed by atoms with van der Waals surface area (Å²) < 4.78 is 0. The zero-order chi connectivity index (χ0) is 15.9. The summed E-state index contributed by atoms with van der Waals surface area (Å²) in [5, 5.41) is 2.81. The van der Waals surface area contributed by atoms with E-state index in [9.17, 15) is 9.59 Å². The largest absolute Gasteiger partial charge is 0.355 e. The smallest absolute Gasteiger partial charge is 0.234 e. The summed E-state index contributed by atoms with van der Waals surface area (Å²) in [6.45, 7) is 6.02. The maximum Gasteiger partial charge on any atom is 0.234 e. The molecule has 0 aromatic carbocycles. The summed E-state index contributed by atoms with van der Waals surface area (Å²) in [6.07, 6.45) is 5.14. The molecule has 1 saturated carbocycles. The highest BCUT2D eigenvalue weighted by atomic mass is 16.2. The summed E-state index contributed by atoms with van der Waals surface area (Å²) in [7, 11) is 0. The molecule has 0 spiro atoms. The Balaban J connectivity index is 1.71. The third-order valence-corrected chi connectivity index (χ3v) is 4.87. The molecule has 6 heteroatoms. The van der Waals surface area contributed by atoms with E-state index in [1.54, 1.807) is 0 Å². The summed E-state index contributed by atoms with van der Waals surface area (Å²) in [5.41, 5.74) is 6.14. The second-order valence-electron chi connectivity index (χ2n) is 6.52. The average Bonchev–Trinajstić information content (AvgIpc) is 2.50. The van der Waals surface area contributed by atoms with Crippen LogP contribution in [0.3, 0.4) is 0 Å². The topological polar surface area (TPSA) is 78.7 Å². The van der Waals surface area contributed by atoms with Gasteiger partial charge in [0.25, 0.3) is 0 Å². The number of carbonyl (C=O) groups is 2. The van der Waals surface area contributed by atoms with E-state index in [4.69, 9.17) is 5.73 Å². The predicted octanol–water partition coefficient (Wildman–Crippen LogP) is 0.174. The van der Waals surface area contributed by atoms with E-state index in [0.29, 0.717) is 25.4 Å². The van der Waals surface area contributed by atoms with E-state index < -0.39 is 0 Å². The lowest BCUT2D eigenvalue weighted by molar-refractivity contribution is -0.134. The van der Waals surface area contributed by atoms with Gasteiger partial charge in [0.15, 0.2) is 0 Å². The summed E-state index contributed by atoms with van der Waals surface area (Å²) in [6, 6.07) is 0.191. The fourth-order valence-electron chi connectivity index (χ4n) is 3.45. The van der Waals surface area contributed by atoms with E-state index in [0.717, 1.165) is 39.0 Å². The minimum absolute atomic E-state index is 0.0652. The molecule has 0 aromatic heterocycles. The number of likely N-dealkylation sites (N-methyl/N-ethyl adjacent to an activating group) is 1. The molecule has 1 heterocycles. The Kier molecular flexibility index (Phi) is 6.64. The highest BCUT2D eigenvalue weighted by Crippen LogP contribution is 2.26. The molecule has 1 aliphatic heterocycles. The van der Waals surface area contributed by atoms with E-state index >= 15 is 0 Å². The molecular formula is C16H30N4O2. The first-order valence-electron chi connectivity index (χ1n) is 8.62. The van der Waals surface area contributed by atoms with Crippen LogP contribution in [0.1, 0.15) is 39.0 Å². The molecule has 22 heavy (non-hydrogen) atoms. The first kappa shape index (κ1) is 17.2. The number of hydrogen-bond acceptors (Lipinski definition) is 4. The fraction of sp³-hybridized carbons (Fsp3) is 0.875. The number of nitrogens with zero attached hydrogens (tertiary/aromatic N) is 2.